The van der Waals surface area contributed by atoms with Gasteiger partial charge in [0.25, 0.3) is 0 Å². The van der Waals surface area contributed by atoms with Gasteiger partial charge in [-0.3, -0.25) is 4.79 Å². The van der Waals surface area contributed by atoms with Gasteiger partial charge in [0.05, 0.1) is 5.02 Å². The van der Waals surface area contributed by atoms with E-state index in [2.05, 4.69) is 10.3 Å². The van der Waals surface area contributed by atoms with Gasteiger partial charge in [0.15, 0.2) is 11.5 Å². The Bertz CT molecular complexity index is 674. The first-order chi connectivity index (χ1) is 10.7. The van der Waals surface area contributed by atoms with Crippen LogP contribution in [0.4, 0.5) is 5.82 Å². The summed E-state index contributed by atoms with van der Waals surface area (Å²) in [7, 11) is 0. The van der Waals surface area contributed by atoms with Gasteiger partial charge in [-0.25, -0.2) is 4.98 Å². The van der Waals surface area contributed by atoms with Crippen LogP contribution in [0.1, 0.15) is 12.0 Å². The Morgan fingerprint density at radius 1 is 1.18 bits per heavy atom. The lowest BCUT2D eigenvalue weighted by Gasteiger charge is -2.18. The second-order valence-electron chi connectivity index (χ2n) is 4.89. The Morgan fingerprint density at radius 2 is 2.00 bits per heavy atom. The Balaban J connectivity index is 1.55. The highest BCUT2D eigenvalue weighted by Crippen LogP contribution is 2.31. The van der Waals surface area contributed by atoms with Crippen LogP contribution in [0, 0.1) is 0 Å². The van der Waals surface area contributed by atoms with Crippen molar-refractivity contribution in [3.05, 3.63) is 47.1 Å². The van der Waals surface area contributed by atoms with Crippen LogP contribution >= 0.6 is 11.6 Å². The largest absolute Gasteiger partial charge is 0.486 e. The summed E-state index contributed by atoms with van der Waals surface area (Å²) < 4.78 is 11.0. The zero-order chi connectivity index (χ0) is 15.4. The molecule has 2 aromatic rings. The van der Waals surface area contributed by atoms with Crippen molar-refractivity contribution in [1.82, 2.24) is 4.98 Å². The lowest BCUT2D eigenvalue weighted by Crippen LogP contribution is -2.16. The molecule has 1 amide bonds. The number of anilines is 1. The van der Waals surface area contributed by atoms with E-state index in [0.29, 0.717) is 36.9 Å². The van der Waals surface area contributed by atoms with E-state index >= 15 is 0 Å². The molecule has 1 N–H and O–H groups in total. The Morgan fingerprint density at radius 3 is 2.77 bits per heavy atom. The monoisotopic (exact) mass is 318 g/mol. The summed E-state index contributed by atoms with van der Waals surface area (Å²) in [5.74, 6) is 1.90. The molecule has 3 rings (SSSR count). The maximum atomic E-state index is 11.9. The highest BCUT2D eigenvalue weighted by molar-refractivity contribution is 6.30. The number of pyridine rings is 1. The van der Waals surface area contributed by atoms with Gasteiger partial charge in [0.2, 0.25) is 5.91 Å². The first-order valence-corrected chi connectivity index (χ1v) is 7.38. The van der Waals surface area contributed by atoms with E-state index < -0.39 is 0 Å². The fraction of sp³-hybridized carbons (Fsp3) is 0.250. The molecular weight excluding hydrogens is 304 g/mol. The number of hydrogen-bond donors (Lipinski definition) is 1. The van der Waals surface area contributed by atoms with Crippen LogP contribution in [0.3, 0.4) is 0 Å². The molecule has 5 nitrogen and oxygen atoms in total. The number of fused-ring (bicyclic) bond motifs is 1. The number of hydrogen-bond acceptors (Lipinski definition) is 4. The van der Waals surface area contributed by atoms with Crippen molar-refractivity contribution in [2.75, 3.05) is 18.5 Å². The van der Waals surface area contributed by atoms with Crippen molar-refractivity contribution in [2.45, 2.75) is 12.8 Å². The average Bonchev–Trinajstić information content (AvgIpc) is 2.55. The molecule has 22 heavy (non-hydrogen) atoms. The highest BCUT2D eigenvalue weighted by atomic mass is 35.5. The minimum Gasteiger partial charge on any atom is -0.486 e. The van der Waals surface area contributed by atoms with Crippen LogP contribution in [0.15, 0.2) is 36.5 Å². The quantitative estimate of drug-likeness (QED) is 0.941. The number of aromatic nitrogens is 1. The smallest absolute Gasteiger partial charge is 0.225 e. The molecule has 0 bridgehead atoms. The number of carbonyl (C=O) groups excluding carboxylic acids is 1. The number of ether oxygens (including phenoxy) is 2. The Labute approximate surface area is 133 Å². The van der Waals surface area contributed by atoms with E-state index in [0.717, 1.165) is 17.1 Å². The predicted molar refractivity (Wildman–Crippen MR) is 83.6 cm³/mol. The molecule has 1 aliphatic heterocycles. The Hall–Kier alpha value is -2.27. The zero-order valence-electron chi connectivity index (χ0n) is 11.8. The summed E-state index contributed by atoms with van der Waals surface area (Å²) in [4.78, 5) is 15.9. The van der Waals surface area contributed by atoms with Crippen molar-refractivity contribution < 1.29 is 14.3 Å². The number of benzene rings is 1. The van der Waals surface area contributed by atoms with Crippen molar-refractivity contribution >= 4 is 23.3 Å². The molecule has 1 aromatic heterocycles. The Kier molecular flexibility index (Phi) is 4.44. The number of aryl methyl sites for hydroxylation is 1. The molecule has 1 aliphatic rings. The third-order valence-corrected chi connectivity index (χ3v) is 3.47. The van der Waals surface area contributed by atoms with Crippen LogP contribution in [-0.2, 0) is 11.2 Å². The van der Waals surface area contributed by atoms with Crippen molar-refractivity contribution in [3.63, 3.8) is 0 Å². The molecule has 114 valence electrons. The average molecular weight is 319 g/mol. The molecule has 0 atom stereocenters. The molecule has 1 aromatic carbocycles. The minimum atomic E-state index is -0.0929. The van der Waals surface area contributed by atoms with E-state index in [-0.39, 0.29) is 5.91 Å². The summed E-state index contributed by atoms with van der Waals surface area (Å²) in [5.41, 5.74) is 1.03. The first kappa shape index (κ1) is 14.7. The standard InChI is InChI=1S/C16H15ClN2O3/c17-12-3-5-15(18-10-12)19-16(20)6-2-11-1-4-13-14(9-11)22-8-7-21-13/h1,3-5,9-10H,2,6-8H2,(H,18,19,20). The second-order valence-corrected chi connectivity index (χ2v) is 5.32. The van der Waals surface area contributed by atoms with Gasteiger partial charge in [-0.15, -0.1) is 0 Å². The van der Waals surface area contributed by atoms with Crippen LogP contribution < -0.4 is 14.8 Å². The number of carbonyl (C=O) groups is 1. The van der Waals surface area contributed by atoms with Gasteiger partial charge in [0, 0.05) is 12.6 Å². The summed E-state index contributed by atoms with van der Waals surface area (Å²) >= 11 is 5.75. The minimum absolute atomic E-state index is 0.0929. The van der Waals surface area contributed by atoms with Gasteiger partial charge >= 0.3 is 0 Å². The third-order valence-electron chi connectivity index (χ3n) is 3.24. The molecule has 0 saturated carbocycles. The molecule has 2 heterocycles. The van der Waals surface area contributed by atoms with Gasteiger partial charge in [-0.05, 0) is 36.2 Å². The van der Waals surface area contributed by atoms with Gasteiger partial charge in [0.1, 0.15) is 19.0 Å². The van der Waals surface area contributed by atoms with Gasteiger partial charge in [-0.1, -0.05) is 17.7 Å². The maximum Gasteiger partial charge on any atom is 0.225 e. The van der Waals surface area contributed by atoms with Crippen molar-refractivity contribution in [1.29, 1.82) is 0 Å². The molecular formula is C16H15ClN2O3. The summed E-state index contributed by atoms with van der Waals surface area (Å²) in [6, 6.07) is 9.10. The molecule has 0 aliphatic carbocycles. The fourth-order valence-electron chi connectivity index (χ4n) is 2.16. The lowest BCUT2D eigenvalue weighted by molar-refractivity contribution is -0.116. The number of nitrogens with one attached hydrogen (secondary N) is 1. The molecule has 0 unspecified atom stereocenters. The summed E-state index contributed by atoms with van der Waals surface area (Å²) in [6.45, 7) is 1.13. The van der Waals surface area contributed by atoms with Gasteiger partial charge < -0.3 is 14.8 Å². The topological polar surface area (TPSA) is 60.5 Å². The van der Waals surface area contributed by atoms with Crippen LogP contribution in [0.25, 0.3) is 0 Å². The number of amides is 1. The van der Waals surface area contributed by atoms with E-state index in [1.165, 1.54) is 6.20 Å². The number of rotatable bonds is 4. The molecule has 0 spiro atoms. The van der Waals surface area contributed by atoms with Crippen molar-refractivity contribution in [2.24, 2.45) is 0 Å². The molecule has 0 radical (unpaired) electrons. The van der Waals surface area contributed by atoms with E-state index in [4.69, 9.17) is 21.1 Å². The van der Waals surface area contributed by atoms with E-state index in [9.17, 15) is 4.79 Å². The summed E-state index contributed by atoms with van der Waals surface area (Å²) in [5, 5.41) is 3.27. The second kappa shape index (κ2) is 6.66. The van der Waals surface area contributed by atoms with Crippen LogP contribution in [0.2, 0.25) is 5.02 Å². The maximum absolute atomic E-state index is 11.9. The number of halogens is 1. The fourth-order valence-corrected chi connectivity index (χ4v) is 2.27. The number of nitrogens with zero attached hydrogens (tertiary/aromatic N) is 1. The molecule has 6 heteroatoms. The molecule has 0 saturated heterocycles. The van der Waals surface area contributed by atoms with Gasteiger partial charge in [-0.2, -0.15) is 0 Å². The first-order valence-electron chi connectivity index (χ1n) is 7.01. The third kappa shape index (κ3) is 3.68. The van der Waals surface area contributed by atoms with Crippen LogP contribution in [0.5, 0.6) is 11.5 Å². The SMILES string of the molecule is O=C(CCc1ccc2c(c1)OCCO2)Nc1ccc(Cl)cn1. The normalized spacial score (nSPS) is 12.8. The predicted octanol–water partition coefficient (Wildman–Crippen LogP) is 3.08. The van der Waals surface area contributed by atoms with E-state index in [1.54, 1.807) is 12.1 Å². The zero-order valence-corrected chi connectivity index (χ0v) is 12.6. The van der Waals surface area contributed by atoms with E-state index in [1.807, 2.05) is 18.2 Å². The lowest BCUT2D eigenvalue weighted by atomic mass is 10.1. The highest BCUT2D eigenvalue weighted by Gasteiger charge is 2.12. The van der Waals surface area contributed by atoms with Crippen molar-refractivity contribution in [3.8, 4) is 11.5 Å². The summed E-state index contributed by atoms with van der Waals surface area (Å²) in [6.07, 6.45) is 2.48. The molecule has 0 fully saturated rings. The van der Waals surface area contributed by atoms with Crippen LogP contribution in [-0.4, -0.2) is 24.1 Å².